The highest BCUT2D eigenvalue weighted by Gasteiger charge is 2.26. The van der Waals surface area contributed by atoms with Crippen LogP contribution in [-0.4, -0.2) is 34.0 Å². The van der Waals surface area contributed by atoms with E-state index in [9.17, 15) is 4.79 Å². The number of aromatic nitrogens is 2. The standard InChI is InChI=1S/C24H25N3O2/c1-17-6-8-19(9-7-17)10-11-22(28)27-14-12-20(13-15-27)23-25-24(29-26-23)21-5-3-4-18(2)16-21/h3-11,16,20H,12-15H2,1-2H3. The van der Waals surface area contributed by atoms with Crippen molar-refractivity contribution < 1.29 is 9.32 Å². The highest BCUT2D eigenvalue weighted by Crippen LogP contribution is 2.28. The molecule has 1 saturated heterocycles. The van der Waals surface area contributed by atoms with Gasteiger partial charge >= 0.3 is 0 Å². The fraction of sp³-hybridized carbons (Fsp3) is 0.292. The second-order valence-electron chi connectivity index (χ2n) is 7.67. The Morgan fingerprint density at radius 1 is 1.07 bits per heavy atom. The van der Waals surface area contributed by atoms with Gasteiger partial charge in [0.15, 0.2) is 5.82 Å². The van der Waals surface area contributed by atoms with Crippen molar-refractivity contribution >= 4 is 12.0 Å². The van der Waals surface area contributed by atoms with Crippen molar-refractivity contribution in [2.24, 2.45) is 0 Å². The Labute approximate surface area is 171 Å². The molecule has 3 aromatic rings. The summed E-state index contributed by atoms with van der Waals surface area (Å²) >= 11 is 0. The minimum absolute atomic E-state index is 0.0533. The summed E-state index contributed by atoms with van der Waals surface area (Å²) in [5.41, 5.74) is 4.35. The SMILES string of the molecule is Cc1ccc(C=CC(=O)N2CCC(c3noc(-c4cccc(C)c4)n3)CC2)cc1. The average molecular weight is 387 g/mol. The van der Waals surface area contributed by atoms with E-state index < -0.39 is 0 Å². The van der Waals surface area contributed by atoms with Crippen molar-refractivity contribution in [3.8, 4) is 11.5 Å². The maximum atomic E-state index is 12.5. The molecule has 0 atom stereocenters. The topological polar surface area (TPSA) is 59.2 Å². The lowest BCUT2D eigenvalue weighted by molar-refractivity contribution is -0.127. The summed E-state index contributed by atoms with van der Waals surface area (Å²) in [6, 6.07) is 16.2. The predicted octanol–water partition coefficient (Wildman–Crippen LogP) is 4.77. The number of hydrogen-bond donors (Lipinski definition) is 0. The van der Waals surface area contributed by atoms with Gasteiger partial charge in [-0.25, -0.2) is 0 Å². The van der Waals surface area contributed by atoms with Crippen molar-refractivity contribution in [2.45, 2.75) is 32.6 Å². The molecule has 0 N–H and O–H groups in total. The molecule has 1 aliphatic heterocycles. The van der Waals surface area contributed by atoms with E-state index >= 15 is 0 Å². The minimum Gasteiger partial charge on any atom is -0.339 e. The van der Waals surface area contributed by atoms with Crippen LogP contribution in [0.15, 0.2) is 59.1 Å². The third-order valence-corrected chi connectivity index (χ3v) is 5.37. The van der Waals surface area contributed by atoms with E-state index in [0.29, 0.717) is 19.0 Å². The largest absolute Gasteiger partial charge is 0.339 e. The van der Waals surface area contributed by atoms with Crippen LogP contribution in [0.2, 0.25) is 0 Å². The molecule has 5 heteroatoms. The molecule has 1 aliphatic rings. The molecule has 0 spiro atoms. The summed E-state index contributed by atoms with van der Waals surface area (Å²) in [4.78, 5) is 19.0. The molecule has 29 heavy (non-hydrogen) atoms. The zero-order chi connectivity index (χ0) is 20.2. The maximum Gasteiger partial charge on any atom is 0.257 e. The van der Waals surface area contributed by atoms with E-state index in [2.05, 4.69) is 17.1 Å². The molecule has 1 fully saturated rings. The Kier molecular flexibility index (Phi) is 5.56. The molecule has 1 amide bonds. The van der Waals surface area contributed by atoms with Gasteiger partial charge in [0.05, 0.1) is 0 Å². The average Bonchev–Trinajstić information content (AvgIpc) is 3.24. The van der Waals surface area contributed by atoms with Crippen molar-refractivity contribution in [3.63, 3.8) is 0 Å². The summed E-state index contributed by atoms with van der Waals surface area (Å²) in [6.45, 7) is 5.50. The molecule has 2 heterocycles. The number of nitrogens with zero attached hydrogens (tertiary/aromatic N) is 3. The lowest BCUT2D eigenvalue weighted by atomic mass is 9.96. The first-order chi connectivity index (χ1) is 14.1. The number of aryl methyl sites for hydroxylation is 2. The molecular formula is C24H25N3O2. The summed E-state index contributed by atoms with van der Waals surface area (Å²) in [5.74, 6) is 1.58. The summed E-state index contributed by atoms with van der Waals surface area (Å²) < 4.78 is 5.48. The number of rotatable bonds is 4. The number of amides is 1. The van der Waals surface area contributed by atoms with Crippen molar-refractivity contribution in [3.05, 3.63) is 77.1 Å². The van der Waals surface area contributed by atoms with Crippen LogP contribution in [0.5, 0.6) is 0 Å². The molecule has 0 unspecified atom stereocenters. The molecule has 2 aromatic carbocycles. The first kappa shape index (κ1) is 19.1. The maximum absolute atomic E-state index is 12.5. The van der Waals surface area contributed by atoms with Gasteiger partial charge in [-0.15, -0.1) is 0 Å². The predicted molar refractivity (Wildman–Crippen MR) is 113 cm³/mol. The van der Waals surface area contributed by atoms with Gasteiger partial charge in [0.25, 0.3) is 5.89 Å². The first-order valence-corrected chi connectivity index (χ1v) is 10.0. The van der Waals surface area contributed by atoms with Gasteiger partial charge in [0, 0.05) is 30.6 Å². The molecule has 0 bridgehead atoms. The normalized spacial score (nSPS) is 15.2. The quantitative estimate of drug-likeness (QED) is 0.605. The van der Waals surface area contributed by atoms with Crippen LogP contribution in [0.1, 0.15) is 41.3 Å². The number of likely N-dealkylation sites (tertiary alicyclic amines) is 1. The first-order valence-electron chi connectivity index (χ1n) is 10.0. The Balaban J connectivity index is 1.34. The van der Waals surface area contributed by atoms with Crippen molar-refractivity contribution in [1.82, 2.24) is 15.0 Å². The Morgan fingerprint density at radius 2 is 1.83 bits per heavy atom. The van der Waals surface area contributed by atoms with Gasteiger partial charge < -0.3 is 9.42 Å². The van der Waals surface area contributed by atoms with E-state index in [0.717, 1.165) is 35.4 Å². The van der Waals surface area contributed by atoms with Crippen LogP contribution in [0, 0.1) is 13.8 Å². The lowest BCUT2D eigenvalue weighted by Gasteiger charge is -2.29. The fourth-order valence-electron chi connectivity index (χ4n) is 3.60. The monoisotopic (exact) mass is 387 g/mol. The third kappa shape index (κ3) is 4.62. The third-order valence-electron chi connectivity index (χ3n) is 5.37. The highest BCUT2D eigenvalue weighted by atomic mass is 16.5. The van der Waals surface area contributed by atoms with Crippen LogP contribution < -0.4 is 0 Å². The molecular weight excluding hydrogens is 362 g/mol. The van der Waals surface area contributed by atoms with E-state index in [-0.39, 0.29) is 11.8 Å². The van der Waals surface area contributed by atoms with E-state index in [1.807, 2.05) is 66.4 Å². The molecule has 0 radical (unpaired) electrons. The number of benzene rings is 2. The zero-order valence-electron chi connectivity index (χ0n) is 16.8. The van der Waals surface area contributed by atoms with Crippen LogP contribution in [0.3, 0.4) is 0 Å². The van der Waals surface area contributed by atoms with Gasteiger partial charge in [-0.05, 0) is 50.5 Å². The number of piperidine rings is 1. The zero-order valence-corrected chi connectivity index (χ0v) is 16.8. The van der Waals surface area contributed by atoms with Gasteiger partial charge in [0.1, 0.15) is 0 Å². The molecule has 0 aliphatic carbocycles. The number of hydrogen-bond acceptors (Lipinski definition) is 4. The number of carbonyl (C=O) groups excluding carboxylic acids is 1. The Hall–Kier alpha value is -3.21. The van der Waals surface area contributed by atoms with Crippen LogP contribution in [0.25, 0.3) is 17.5 Å². The molecule has 5 nitrogen and oxygen atoms in total. The van der Waals surface area contributed by atoms with Gasteiger partial charge in [-0.2, -0.15) is 4.98 Å². The lowest BCUT2D eigenvalue weighted by Crippen LogP contribution is -2.37. The van der Waals surface area contributed by atoms with Crippen molar-refractivity contribution in [1.29, 1.82) is 0 Å². The molecule has 1 aromatic heterocycles. The minimum atomic E-state index is 0.0533. The second-order valence-corrected chi connectivity index (χ2v) is 7.67. The van der Waals surface area contributed by atoms with E-state index in [1.165, 1.54) is 5.56 Å². The van der Waals surface area contributed by atoms with Crippen LogP contribution in [-0.2, 0) is 4.79 Å². The van der Waals surface area contributed by atoms with Crippen LogP contribution in [0.4, 0.5) is 0 Å². The van der Waals surface area contributed by atoms with Gasteiger partial charge in [0.2, 0.25) is 5.91 Å². The van der Waals surface area contributed by atoms with Gasteiger partial charge in [-0.3, -0.25) is 4.79 Å². The molecule has 148 valence electrons. The van der Waals surface area contributed by atoms with E-state index in [4.69, 9.17) is 4.52 Å². The van der Waals surface area contributed by atoms with Crippen molar-refractivity contribution in [2.75, 3.05) is 13.1 Å². The summed E-state index contributed by atoms with van der Waals surface area (Å²) in [7, 11) is 0. The number of carbonyl (C=O) groups is 1. The fourth-order valence-corrected chi connectivity index (χ4v) is 3.60. The van der Waals surface area contributed by atoms with E-state index in [1.54, 1.807) is 6.08 Å². The molecule has 0 saturated carbocycles. The molecule has 4 rings (SSSR count). The smallest absolute Gasteiger partial charge is 0.257 e. The Morgan fingerprint density at radius 3 is 2.55 bits per heavy atom. The second kappa shape index (κ2) is 8.43. The summed E-state index contributed by atoms with van der Waals surface area (Å²) in [5, 5.41) is 4.20. The Bertz CT molecular complexity index is 1010. The summed E-state index contributed by atoms with van der Waals surface area (Å²) in [6.07, 6.45) is 5.23. The van der Waals surface area contributed by atoms with Gasteiger partial charge in [-0.1, -0.05) is 52.7 Å². The van der Waals surface area contributed by atoms with Crippen LogP contribution >= 0.6 is 0 Å². The highest BCUT2D eigenvalue weighted by molar-refractivity contribution is 5.91.